The second-order valence-electron chi connectivity index (χ2n) is 5.65. The van der Waals surface area contributed by atoms with E-state index in [-0.39, 0.29) is 11.8 Å². The minimum Gasteiger partial charge on any atom is -0.487 e. The summed E-state index contributed by atoms with van der Waals surface area (Å²) in [4.78, 5) is 24.5. The molecule has 0 fully saturated rings. The Morgan fingerprint density at radius 1 is 1.08 bits per heavy atom. The van der Waals surface area contributed by atoms with Gasteiger partial charge < -0.3 is 15.4 Å². The van der Waals surface area contributed by atoms with E-state index in [0.717, 1.165) is 11.3 Å². The summed E-state index contributed by atoms with van der Waals surface area (Å²) in [6.45, 7) is 2.41. The van der Waals surface area contributed by atoms with Crippen LogP contribution in [0.2, 0.25) is 5.02 Å². The molecule has 7 heteroatoms. The lowest BCUT2D eigenvalue weighted by Crippen LogP contribution is -2.19. The van der Waals surface area contributed by atoms with Crippen molar-refractivity contribution in [3.63, 3.8) is 0 Å². The first-order chi connectivity index (χ1) is 12.5. The van der Waals surface area contributed by atoms with Gasteiger partial charge in [-0.25, -0.2) is 0 Å². The fourth-order valence-electron chi connectivity index (χ4n) is 2.31. The van der Waals surface area contributed by atoms with Gasteiger partial charge in [0.25, 0.3) is 11.8 Å². The van der Waals surface area contributed by atoms with Gasteiger partial charge in [-0.3, -0.25) is 9.59 Å². The maximum absolute atomic E-state index is 12.4. The summed E-state index contributed by atoms with van der Waals surface area (Å²) >= 11 is 7.51. The van der Waals surface area contributed by atoms with Gasteiger partial charge in [-0.2, -0.15) is 0 Å². The van der Waals surface area contributed by atoms with E-state index in [4.69, 9.17) is 16.3 Å². The number of hydrogen-bond acceptors (Lipinski definition) is 4. The molecule has 0 spiro atoms. The average Bonchev–Trinajstić information content (AvgIpc) is 2.66. The standard InChI is InChI=1S/C19H17ClN2O3S/c1-12-2-5-14(20)10-16(12)22-18(23)13-3-6-15(7-4-13)21-19(24)17-11-26-9-8-25-17/h2-7,10-11H,8-9H2,1H3,(H,21,24)(H,22,23). The second kappa shape index (κ2) is 8.29. The number of rotatable bonds is 4. The first kappa shape index (κ1) is 18.4. The Balaban J connectivity index is 1.65. The molecule has 1 heterocycles. The summed E-state index contributed by atoms with van der Waals surface area (Å²) in [6.07, 6.45) is 0. The maximum Gasteiger partial charge on any atom is 0.291 e. The Morgan fingerprint density at radius 3 is 2.54 bits per heavy atom. The van der Waals surface area contributed by atoms with Crippen molar-refractivity contribution in [1.29, 1.82) is 0 Å². The molecule has 2 N–H and O–H groups in total. The zero-order chi connectivity index (χ0) is 18.5. The van der Waals surface area contributed by atoms with Gasteiger partial charge in [0, 0.05) is 33.1 Å². The molecule has 0 bridgehead atoms. The van der Waals surface area contributed by atoms with E-state index < -0.39 is 0 Å². The molecular weight excluding hydrogens is 372 g/mol. The van der Waals surface area contributed by atoms with E-state index in [1.807, 2.05) is 13.0 Å². The number of carbonyl (C=O) groups is 2. The van der Waals surface area contributed by atoms with Crippen molar-refractivity contribution >= 4 is 46.6 Å². The predicted octanol–water partition coefficient (Wildman–Crippen LogP) is 4.44. The van der Waals surface area contributed by atoms with Gasteiger partial charge in [-0.15, -0.1) is 11.8 Å². The highest BCUT2D eigenvalue weighted by Crippen LogP contribution is 2.21. The molecule has 0 aromatic heterocycles. The SMILES string of the molecule is Cc1ccc(Cl)cc1NC(=O)c1ccc(NC(=O)C2=CSCCO2)cc1. The van der Waals surface area contributed by atoms with Gasteiger partial charge in [-0.1, -0.05) is 17.7 Å². The number of benzene rings is 2. The summed E-state index contributed by atoms with van der Waals surface area (Å²) in [5.74, 6) is 0.596. The molecule has 2 aromatic rings. The largest absolute Gasteiger partial charge is 0.487 e. The van der Waals surface area contributed by atoms with Crippen LogP contribution in [0.25, 0.3) is 0 Å². The molecule has 0 saturated heterocycles. The summed E-state index contributed by atoms with van der Waals surface area (Å²) in [5.41, 5.74) is 2.65. The predicted molar refractivity (Wildman–Crippen MR) is 106 cm³/mol. The van der Waals surface area contributed by atoms with Crippen LogP contribution in [-0.4, -0.2) is 24.2 Å². The third-order valence-corrected chi connectivity index (χ3v) is 4.74. The van der Waals surface area contributed by atoms with Crippen LogP contribution in [0.15, 0.2) is 53.6 Å². The number of halogens is 1. The normalized spacial score (nSPS) is 13.4. The van der Waals surface area contributed by atoms with Crippen molar-refractivity contribution in [3.8, 4) is 0 Å². The minimum atomic E-state index is -0.302. The van der Waals surface area contributed by atoms with Crippen LogP contribution >= 0.6 is 23.4 Å². The Morgan fingerprint density at radius 2 is 1.85 bits per heavy atom. The maximum atomic E-state index is 12.4. The lowest BCUT2D eigenvalue weighted by Gasteiger charge is -2.14. The fourth-order valence-corrected chi connectivity index (χ4v) is 3.10. The molecule has 1 aliphatic rings. The van der Waals surface area contributed by atoms with Crippen LogP contribution in [0.1, 0.15) is 15.9 Å². The van der Waals surface area contributed by atoms with Gasteiger partial charge >= 0.3 is 0 Å². The lowest BCUT2D eigenvalue weighted by atomic mass is 10.1. The van der Waals surface area contributed by atoms with Crippen molar-refractivity contribution in [2.75, 3.05) is 23.0 Å². The highest BCUT2D eigenvalue weighted by Gasteiger charge is 2.15. The smallest absolute Gasteiger partial charge is 0.291 e. The fraction of sp³-hybridized carbons (Fsp3) is 0.158. The minimum absolute atomic E-state index is 0.247. The molecule has 2 aromatic carbocycles. The highest BCUT2D eigenvalue weighted by molar-refractivity contribution is 8.02. The Hall–Kier alpha value is -2.44. The van der Waals surface area contributed by atoms with Gasteiger partial charge in [0.05, 0.1) is 6.61 Å². The quantitative estimate of drug-likeness (QED) is 0.812. The molecule has 0 saturated carbocycles. The third kappa shape index (κ3) is 4.59. The Kier molecular flexibility index (Phi) is 5.85. The van der Waals surface area contributed by atoms with Crippen LogP contribution < -0.4 is 10.6 Å². The molecule has 134 valence electrons. The summed E-state index contributed by atoms with van der Waals surface area (Å²) in [7, 11) is 0. The van der Waals surface area contributed by atoms with Crippen molar-refractivity contribution in [3.05, 3.63) is 69.8 Å². The van der Waals surface area contributed by atoms with E-state index in [1.165, 1.54) is 0 Å². The Bertz CT molecular complexity index is 866. The molecule has 26 heavy (non-hydrogen) atoms. The number of ether oxygens (including phenoxy) is 1. The highest BCUT2D eigenvalue weighted by atomic mass is 35.5. The first-order valence-corrected chi connectivity index (χ1v) is 9.39. The molecule has 1 aliphatic heterocycles. The molecule has 2 amide bonds. The van der Waals surface area contributed by atoms with Gasteiger partial charge in [0.2, 0.25) is 0 Å². The number of thioether (sulfide) groups is 1. The Labute approximate surface area is 160 Å². The van der Waals surface area contributed by atoms with Crippen molar-refractivity contribution in [2.24, 2.45) is 0 Å². The van der Waals surface area contributed by atoms with Crippen LogP contribution in [-0.2, 0) is 9.53 Å². The molecule has 3 rings (SSSR count). The van der Waals surface area contributed by atoms with E-state index in [1.54, 1.807) is 53.6 Å². The van der Waals surface area contributed by atoms with E-state index in [9.17, 15) is 9.59 Å². The molecule has 0 atom stereocenters. The monoisotopic (exact) mass is 388 g/mol. The van der Waals surface area contributed by atoms with Crippen LogP contribution in [0.4, 0.5) is 11.4 Å². The van der Waals surface area contributed by atoms with E-state index in [2.05, 4.69) is 10.6 Å². The zero-order valence-corrected chi connectivity index (χ0v) is 15.6. The molecule has 5 nitrogen and oxygen atoms in total. The average molecular weight is 389 g/mol. The van der Waals surface area contributed by atoms with Crippen molar-refractivity contribution in [1.82, 2.24) is 0 Å². The van der Waals surface area contributed by atoms with E-state index >= 15 is 0 Å². The first-order valence-electron chi connectivity index (χ1n) is 7.96. The lowest BCUT2D eigenvalue weighted by molar-refractivity contribution is -0.116. The van der Waals surface area contributed by atoms with Crippen LogP contribution in [0.5, 0.6) is 0 Å². The zero-order valence-electron chi connectivity index (χ0n) is 14.0. The number of aryl methyl sites for hydroxylation is 1. The topological polar surface area (TPSA) is 67.4 Å². The van der Waals surface area contributed by atoms with Gasteiger partial charge in [0.1, 0.15) is 0 Å². The molecular formula is C19H17ClN2O3S. The van der Waals surface area contributed by atoms with Crippen molar-refractivity contribution < 1.29 is 14.3 Å². The van der Waals surface area contributed by atoms with Gasteiger partial charge in [-0.05, 0) is 48.9 Å². The van der Waals surface area contributed by atoms with Crippen LogP contribution in [0.3, 0.4) is 0 Å². The molecule has 0 radical (unpaired) electrons. The van der Waals surface area contributed by atoms with Gasteiger partial charge in [0.15, 0.2) is 5.76 Å². The number of hydrogen-bond donors (Lipinski definition) is 2. The number of amides is 2. The summed E-state index contributed by atoms with van der Waals surface area (Å²) < 4.78 is 5.31. The summed E-state index contributed by atoms with van der Waals surface area (Å²) in [6, 6.07) is 12.0. The number of anilines is 2. The molecule has 0 aliphatic carbocycles. The van der Waals surface area contributed by atoms with Crippen LogP contribution in [0, 0.1) is 6.92 Å². The number of nitrogens with one attached hydrogen (secondary N) is 2. The van der Waals surface area contributed by atoms with E-state index in [0.29, 0.717) is 34.3 Å². The number of carbonyl (C=O) groups excluding carboxylic acids is 2. The second-order valence-corrected chi connectivity index (χ2v) is 7.06. The van der Waals surface area contributed by atoms with Crippen molar-refractivity contribution in [2.45, 2.75) is 6.92 Å². The molecule has 0 unspecified atom stereocenters. The third-order valence-electron chi connectivity index (χ3n) is 3.73. The summed E-state index contributed by atoms with van der Waals surface area (Å²) in [5, 5.41) is 7.85.